The van der Waals surface area contributed by atoms with E-state index in [1.807, 2.05) is 0 Å². The van der Waals surface area contributed by atoms with Crippen molar-refractivity contribution in [2.45, 2.75) is 37.6 Å². The first-order valence-corrected chi connectivity index (χ1v) is 8.63. The van der Waals surface area contributed by atoms with E-state index in [0.717, 1.165) is 19.4 Å². The molecule has 0 saturated heterocycles. The van der Waals surface area contributed by atoms with Gasteiger partial charge >= 0.3 is 0 Å². The molecule has 0 bridgehead atoms. The highest BCUT2D eigenvalue weighted by atomic mass is 32.2. The predicted octanol–water partition coefficient (Wildman–Crippen LogP) is 1.45. The molecule has 0 aliphatic heterocycles. The zero-order valence-electron chi connectivity index (χ0n) is 13.0. The third-order valence-corrected chi connectivity index (χ3v) is 4.40. The molecule has 6 nitrogen and oxygen atoms in total. The van der Waals surface area contributed by atoms with Crippen LogP contribution in [0, 0.1) is 0 Å². The van der Waals surface area contributed by atoms with Crippen LogP contribution in [0.4, 0.5) is 11.4 Å². The maximum atomic E-state index is 11.5. The topological polar surface area (TPSA) is 101 Å². The Bertz CT molecular complexity index is 558. The highest BCUT2D eigenvalue weighted by Gasteiger charge is 2.14. The van der Waals surface area contributed by atoms with Crippen LogP contribution in [-0.4, -0.2) is 39.5 Å². The number of hydrogen-bond acceptors (Lipinski definition) is 5. The molecule has 1 aromatic rings. The number of nitrogen functional groups attached to an aromatic ring is 1. The van der Waals surface area contributed by atoms with Gasteiger partial charge in [0.15, 0.2) is 0 Å². The van der Waals surface area contributed by atoms with Crippen LogP contribution in [0.25, 0.3) is 0 Å². The molecular weight excluding hydrogens is 288 g/mol. The lowest BCUT2D eigenvalue weighted by molar-refractivity contribution is 0.269. The zero-order chi connectivity index (χ0) is 16.0. The van der Waals surface area contributed by atoms with Gasteiger partial charge in [-0.3, -0.25) is 0 Å². The molecule has 7 heteroatoms. The van der Waals surface area contributed by atoms with Crippen LogP contribution in [0.1, 0.15) is 26.7 Å². The Kier molecular flexibility index (Phi) is 6.44. The van der Waals surface area contributed by atoms with Crippen LogP contribution in [0.3, 0.4) is 0 Å². The Morgan fingerprint density at radius 2 is 1.95 bits per heavy atom. The zero-order valence-corrected chi connectivity index (χ0v) is 13.8. The van der Waals surface area contributed by atoms with Crippen molar-refractivity contribution in [1.29, 1.82) is 0 Å². The Balaban J connectivity index is 2.53. The van der Waals surface area contributed by atoms with Gasteiger partial charge in [-0.25, -0.2) is 13.6 Å². The smallest absolute Gasteiger partial charge is 0.240 e. The van der Waals surface area contributed by atoms with Gasteiger partial charge in [-0.05, 0) is 58.5 Å². The minimum atomic E-state index is -3.77. The maximum Gasteiger partial charge on any atom is 0.240 e. The average Bonchev–Trinajstić information content (AvgIpc) is 2.38. The second-order valence-corrected chi connectivity index (χ2v) is 7.04. The molecule has 120 valence electrons. The second-order valence-electron chi connectivity index (χ2n) is 5.51. The van der Waals surface area contributed by atoms with Crippen molar-refractivity contribution in [2.75, 3.05) is 31.2 Å². The molecule has 5 N–H and O–H groups in total. The van der Waals surface area contributed by atoms with Crippen LogP contribution < -0.4 is 16.2 Å². The van der Waals surface area contributed by atoms with Crippen molar-refractivity contribution in [3.05, 3.63) is 18.2 Å². The van der Waals surface area contributed by atoms with Gasteiger partial charge in [0.05, 0.1) is 5.69 Å². The quantitative estimate of drug-likeness (QED) is 0.498. The van der Waals surface area contributed by atoms with Gasteiger partial charge in [0, 0.05) is 18.3 Å². The van der Waals surface area contributed by atoms with Gasteiger partial charge in [-0.15, -0.1) is 0 Å². The van der Waals surface area contributed by atoms with E-state index >= 15 is 0 Å². The Labute approximate surface area is 127 Å². The Morgan fingerprint density at radius 3 is 2.52 bits per heavy atom. The molecule has 0 amide bonds. The molecule has 21 heavy (non-hydrogen) atoms. The molecule has 0 spiro atoms. The van der Waals surface area contributed by atoms with Gasteiger partial charge < -0.3 is 16.0 Å². The number of primary sulfonamides is 1. The minimum Gasteiger partial charge on any atom is -0.399 e. The summed E-state index contributed by atoms with van der Waals surface area (Å²) in [6.45, 7) is 6.03. The lowest BCUT2D eigenvalue weighted by Gasteiger charge is -2.20. The fraction of sp³-hybridized carbons (Fsp3) is 0.571. The largest absolute Gasteiger partial charge is 0.399 e. The first-order chi connectivity index (χ1) is 9.71. The predicted molar refractivity (Wildman–Crippen MR) is 87.7 cm³/mol. The first-order valence-electron chi connectivity index (χ1n) is 7.08. The summed E-state index contributed by atoms with van der Waals surface area (Å²) in [5.41, 5.74) is 6.49. The summed E-state index contributed by atoms with van der Waals surface area (Å²) in [5, 5.41) is 8.32. The van der Waals surface area contributed by atoms with Crippen LogP contribution in [0.15, 0.2) is 23.1 Å². The number of nitrogens with one attached hydrogen (secondary N) is 1. The van der Waals surface area contributed by atoms with Gasteiger partial charge in [0.2, 0.25) is 10.0 Å². The molecule has 0 aliphatic rings. The molecule has 0 aliphatic carbocycles. The van der Waals surface area contributed by atoms with E-state index in [2.05, 4.69) is 31.1 Å². The van der Waals surface area contributed by atoms with Crippen molar-refractivity contribution in [3.8, 4) is 0 Å². The third-order valence-electron chi connectivity index (χ3n) is 3.45. The lowest BCUT2D eigenvalue weighted by Crippen LogP contribution is -2.27. The molecule has 0 unspecified atom stereocenters. The summed E-state index contributed by atoms with van der Waals surface area (Å²) in [6, 6.07) is 5.22. The number of nitrogens with two attached hydrogens (primary N) is 2. The van der Waals surface area contributed by atoms with Crippen LogP contribution in [0.2, 0.25) is 0 Å². The Morgan fingerprint density at radius 1 is 1.29 bits per heavy atom. The van der Waals surface area contributed by atoms with E-state index in [1.165, 1.54) is 6.07 Å². The summed E-state index contributed by atoms with van der Waals surface area (Å²) in [5.74, 6) is 0. The van der Waals surface area contributed by atoms with E-state index in [1.54, 1.807) is 12.1 Å². The molecule has 0 atom stereocenters. The summed E-state index contributed by atoms with van der Waals surface area (Å²) in [7, 11) is -1.68. The van der Waals surface area contributed by atoms with Crippen molar-refractivity contribution in [1.82, 2.24) is 4.90 Å². The molecule has 1 rings (SSSR count). The monoisotopic (exact) mass is 314 g/mol. The molecule has 1 aromatic carbocycles. The van der Waals surface area contributed by atoms with E-state index in [-0.39, 0.29) is 4.90 Å². The molecular formula is C14H26N4O2S. The van der Waals surface area contributed by atoms with Crippen molar-refractivity contribution < 1.29 is 8.42 Å². The van der Waals surface area contributed by atoms with Gasteiger partial charge in [0.1, 0.15) is 4.90 Å². The van der Waals surface area contributed by atoms with Crippen LogP contribution >= 0.6 is 0 Å². The number of sulfonamides is 1. The summed E-state index contributed by atoms with van der Waals surface area (Å²) in [6.07, 6.45) is 1.99. The van der Waals surface area contributed by atoms with E-state index < -0.39 is 10.0 Å². The molecule has 0 heterocycles. The fourth-order valence-electron chi connectivity index (χ4n) is 1.89. The molecule has 0 radical (unpaired) electrons. The maximum absolute atomic E-state index is 11.5. The summed E-state index contributed by atoms with van der Waals surface area (Å²) < 4.78 is 23.1. The molecule has 0 saturated carbocycles. The van der Waals surface area contributed by atoms with E-state index in [9.17, 15) is 8.42 Å². The van der Waals surface area contributed by atoms with Gasteiger partial charge in [-0.1, -0.05) is 0 Å². The third kappa shape index (κ3) is 5.91. The van der Waals surface area contributed by atoms with Crippen molar-refractivity contribution >= 4 is 21.4 Å². The number of anilines is 2. The second kappa shape index (κ2) is 7.63. The SMILES string of the molecule is CC(C)N(C)CCCCNc1ccc(N)cc1S(N)(=O)=O. The van der Waals surface area contributed by atoms with Crippen LogP contribution in [0.5, 0.6) is 0 Å². The van der Waals surface area contributed by atoms with Crippen LogP contribution in [-0.2, 0) is 10.0 Å². The highest BCUT2D eigenvalue weighted by Crippen LogP contribution is 2.22. The van der Waals surface area contributed by atoms with E-state index in [4.69, 9.17) is 10.9 Å². The summed E-state index contributed by atoms with van der Waals surface area (Å²) in [4.78, 5) is 2.32. The van der Waals surface area contributed by atoms with E-state index in [0.29, 0.717) is 24.0 Å². The number of benzene rings is 1. The van der Waals surface area contributed by atoms with Gasteiger partial charge in [0.25, 0.3) is 0 Å². The number of nitrogens with zero attached hydrogens (tertiary/aromatic N) is 1. The number of hydrogen-bond donors (Lipinski definition) is 3. The minimum absolute atomic E-state index is 0.0433. The number of rotatable bonds is 8. The molecule has 0 aromatic heterocycles. The molecule has 0 fully saturated rings. The highest BCUT2D eigenvalue weighted by molar-refractivity contribution is 7.89. The average molecular weight is 314 g/mol. The fourth-order valence-corrected chi connectivity index (χ4v) is 2.63. The summed E-state index contributed by atoms with van der Waals surface area (Å²) >= 11 is 0. The first kappa shape index (κ1) is 17.7. The normalized spacial score (nSPS) is 12.1. The standard InChI is InChI=1S/C14H26N4O2S/c1-11(2)18(3)9-5-4-8-17-13-7-6-12(15)10-14(13)21(16,19)20/h6-7,10-11,17H,4-5,8-9,15H2,1-3H3,(H2,16,19,20). The Hall–Kier alpha value is -1.31. The number of unbranched alkanes of at least 4 members (excludes halogenated alkanes) is 1. The van der Waals surface area contributed by atoms with Crippen molar-refractivity contribution in [3.63, 3.8) is 0 Å². The van der Waals surface area contributed by atoms with Crippen molar-refractivity contribution in [2.24, 2.45) is 5.14 Å². The lowest BCUT2D eigenvalue weighted by atomic mass is 10.2. The van der Waals surface area contributed by atoms with Gasteiger partial charge in [-0.2, -0.15) is 0 Å².